The summed E-state index contributed by atoms with van der Waals surface area (Å²) in [5, 5.41) is 0. The van der Waals surface area contributed by atoms with E-state index in [0.29, 0.717) is 0 Å². The van der Waals surface area contributed by atoms with Crippen molar-refractivity contribution < 1.29 is 18.6 Å². The largest absolute Gasteiger partial charge is 0.602 e. The molecule has 2 aliphatic heterocycles. The lowest BCUT2D eigenvalue weighted by molar-refractivity contribution is 0.435. The highest BCUT2D eigenvalue weighted by Gasteiger charge is 2.56. The van der Waals surface area contributed by atoms with E-state index in [2.05, 4.69) is 24.3 Å². The van der Waals surface area contributed by atoms with Gasteiger partial charge in [-0.25, -0.2) is 0 Å². The number of hydrogen-bond donors (Lipinski definition) is 0. The first-order valence-corrected chi connectivity index (χ1v) is 9.29. The molecule has 3 aromatic rings. The van der Waals surface area contributed by atoms with Crippen LogP contribution in [0.4, 0.5) is 0 Å². The average Bonchev–Trinajstić information content (AvgIpc) is 3.40. The van der Waals surface area contributed by atoms with Crippen molar-refractivity contribution in [2.24, 2.45) is 0 Å². The van der Waals surface area contributed by atoms with E-state index in [-0.39, 0.29) is 25.9 Å². The van der Waals surface area contributed by atoms with Crippen molar-refractivity contribution in [3.05, 3.63) is 83.9 Å². The van der Waals surface area contributed by atoms with Gasteiger partial charge in [0.15, 0.2) is 0 Å². The molecule has 1 aliphatic carbocycles. The summed E-state index contributed by atoms with van der Waals surface area (Å²) in [6.45, 7) is 0. The Morgan fingerprint density at radius 3 is 1.67 bits per heavy atom. The van der Waals surface area contributed by atoms with E-state index in [1.54, 1.807) is 0 Å². The van der Waals surface area contributed by atoms with Crippen molar-refractivity contribution in [2.75, 3.05) is 0 Å². The van der Waals surface area contributed by atoms with Crippen LogP contribution in [0.1, 0.15) is 16.9 Å². The van der Waals surface area contributed by atoms with Crippen LogP contribution in [0.15, 0.2) is 72.8 Å². The third-order valence-corrected chi connectivity index (χ3v) is 5.64. The fourth-order valence-electron chi connectivity index (χ4n) is 4.43. The molecular formula is C21H16B2O4. The summed E-state index contributed by atoms with van der Waals surface area (Å²) in [5.41, 5.74) is 2.56. The van der Waals surface area contributed by atoms with Crippen LogP contribution in [0.5, 0.6) is 23.0 Å². The molecule has 0 amide bonds. The lowest BCUT2D eigenvalue weighted by Gasteiger charge is -2.22. The van der Waals surface area contributed by atoms with E-state index >= 15 is 0 Å². The van der Waals surface area contributed by atoms with Gasteiger partial charge in [-0.05, 0) is 41.8 Å². The van der Waals surface area contributed by atoms with Crippen LogP contribution in [0.2, 0.25) is 5.82 Å². The molecular weight excluding hydrogens is 338 g/mol. The number of hydrogen-bond acceptors (Lipinski definition) is 4. The van der Waals surface area contributed by atoms with Crippen LogP contribution in [0.25, 0.3) is 0 Å². The van der Waals surface area contributed by atoms with E-state index in [1.807, 2.05) is 48.5 Å². The minimum atomic E-state index is -0.382. The van der Waals surface area contributed by atoms with Crippen molar-refractivity contribution in [1.29, 1.82) is 0 Å². The summed E-state index contributed by atoms with van der Waals surface area (Å²) in [7, 11) is -0.734. The predicted octanol–water partition coefficient (Wildman–Crippen LogP) is 4.15. The summed E-state index contributed by atoms with van der Waals surface area (Å²) < 4.78 is 24.7. The van der Waals surface area contributed by atoms with Crippen LogP contribution in [-0.4, -0.2) is 14.2 Å². The molecule has 2 atom stereocenters. The Morgan fingerprint density at radius 2 is 1.07 bits per heavy atom. The zero-order valence-corrected chi connectivity index (χ0v) is 14.6. The molecule has 130 valence electrons. The molecule has 27 heavy (non-hydrogen) atoms. The van der Waals surface area contributed by atoms with Gasteiger partial charge in [0.05, 0.1) is 5.82 Å². The van der Waals surface area contributed by atoms with Crippen LogP contribution < -0.4 is 18.6 Å². The van der Waals surface area contributed by atoms with Crippen molar-refractivity contribution in [1.82, 2.24) is 0 Å². The van der Waals surface area contributed by atoms with Gasteiger partial charge in [-0.2, -0.15) is 0 Å². The summed E-state index contributed by atoms with van der Waals surface area (Å²) in [6, 6.07) is 24.1. The summed E-state index contributed by atoms with van der Waals surface area (Å²) >= 11 is 0. The Hall–Kier alpha value is -3.01. The Labute approximate surface area is 158 Å². The molecule has 0 saturated heterocycles. The van der Waals surface area contributed by atoms with Gasteiger partial charge in [0.2, 0.25) is 0 Å². The van der Waals surface area contributed by atoms with Crippen molar-refractivity contribution in [2.45, 2.75) is 18.1 Å². The molecule has 0 saturated carbocycles. The van der Waals surface area contributed by atoms with Crippen LogP contribution in [0, 0.1) is 0 Å². The minimum absolute atomic E-state index is 0.0351. The molecule has 4 nitrogen and oxygen atoms in total. The highest BCUT2D eigenvalue weighted by Crippen LogP contribution is 2.50. The number of fused-ring (bicyclic) bond motifs is 3. The second-order valence-corrected chi connectivity index (χ2v) is 7.19. The molecule has 0 aromatic heterocycles. The molecule has 6 heteroatoms. The van der Waals surface area contributed by atoms with Gasteiger partial charge in [-0.3, -0.25) is 0 Å². The first-order chi connectivity index (χ1) is 13.4. The first kappa shape index (κ1) is 15.1. The maximum atomic E-state index is 6.18. The monoisotopic (exact) mass is 354 g/mol. The van der Waals surface area contributed by atoms with Gasteiger partial charge >= 0.3 is 14.2 Å². The van der Waals surface area contributed by atoms with Gasteiger partial charge in [0.1, 0.15) is 23.0 Å². The number of para-hydroxylation sites is 4. The maximum Gasteiger partial charge on any atom is 0.602 e. The van der Waals surface area contributed by atoms with Crippen molar-refractivity contribution >= 4 is 14.2 Å². The van der Waals surface area contributed by atoms with E-state index in [0.717, 1.165) is 29.4 Å². The van der Waals surface area contributed by atoms with E-state index in [9.17, 15) is 0 Å². The standard InChI is InChI=1S/C21H16B2O4/c1-2-8-15-14(7-1)13-16(22-24-17-9-3-4-10-18(17)25-22)21(15)23-26-19-11-5-6-12-20(19)27-23/h1-12,16,21H,13H2. The molecule has 2 heterocycles. The molecule has 2 unspecified atom stereocenters. The molecule has 0 radical (unpaired) electrons. The van der Waals surface area contributed by atoms with E-state index in [4.69, 9.17) is 18.6 Å². The smallest absolute Gasteiger partial charge is 0.523 e. The second kappa shape index (κ2) is 5.74. The highest BCUT2D eigenvalue weighted by molar-refractivity contribution is 6.57. The Balaban J connectivity index is 1.35. The summed E-state index contributed by atoms with van der Waals surface area (Å²) in [5.74, 6) is 3.33. The topological polar surface area (TPSA) is 36.9 Å². The molecule has 0 fully saturated rings. The van der Waals surface area contributed by atoms with Gasteiger partial charge < -0.3 is 18.6 Å². The lowest BCUT2D eigenvalue weighted by Crippen LogP contribution is -2.42. The quantitative estimate of drug-likeness (QED) is 0.648. The fourth-order valence-corrected chi connectivity index (χ4v) is 4.43. The first-order valence-electron chi connectivity index (χ1n) is 9.29. The molecule has 6 rings (SSSR count). The Bertz CT molecular complexity index is 974. The second-order valence-electron chi connectivity index (χ2n) is 7.19. The van der Waals surface area contributed by atoms with Crippen molar-refractivity contribution in [3.63, 3.8) is 0 Å². The molecule has 0 spiro atoms. The summed E-state index contributed by atoms with van der Waals surface area (Å²) in [6.07, 6.45) is 0.874. The Morgan fingerprint density at radius 1 is 0.593 bits per heavy atom. The lowest BCUT2D eigenvalue weighted by atomic mass is 9.53. The normalized spacial score (nSPS) is 21.5. The third-order valence-electron chi connectivity index (χ3n) is 5.64. The van der Waals surface area contributed by atoms with Gasteiger partial charge in [-0.1, -0.05) is 48.5 Å². The number of benzene rings is 3. The average molecular weight is 354 g/mol. The van der Waals surface area contributed by atoms with Gasteiger partial charge in [-0.15, -0.1) is 0 Å². The Kier molecular flexibility index (Phi) is 3.21. The predicted molar refractivity (Wildman–Crippen MR) is 104 cm³/mol. The SMILES string of the molecule is c1ccc2c(c1)CC(B1Oc3ccccc3O1)C2B1Oc2ccccc2O1. The van der Waals surface area contributed by atoms with Gasteiger partial charge in [0, 0.05) is 5.82 Å². The molecule has 0 bridgehead atoms. The summed E-state index contributed by atoms with van der Waals surface area (Å²) in [4.78, 5) is 0. The highest BCUT2D eigenvalue weighted by atomic mass is 16.6. The molecule has 3 aliphatic rings. The van der Waals surface area contributed by atoms with E-state index < -0.39 is 0 Å². The van der Waals surface area contributed by atoms with Crippen molar-refractivity contribution in [3.8, 4) is 23.0 Å². The van der Waals surface area contributed by atoms with E-state index in [1.165, 1.54) is 11.1 Å². The van der Waals surface area contributed by atoms with Crippen LogP contribution >= 0.6 is 0 Å². The van der Waals surface area contributed by atoms with Crippen LogP contribution in [0.3, 0.4) is 0 Å². The third kappa shape index (κ3) is 2.33. The number of rotatable bonds is 2. The van der Waals surface area contributed by atoms with Gasteiger partial charge in [0.25, 0.3) is 0 Å². The molecule has 3 aromatic carbocycles. The van der Waals surface area contributed by atoms with Crippen LogP contribution in [-0.2, 0) is 6.42 Å². The molecule has 0 N–H and O–H groups in total. The maximum absolute atomic E-state index is 6.18. The zero-order chi connectivity index (χ0) is 17.8. The minimum Gasteiger partial charge on any atom is -0.523 e. The zero-order valence-electron chi connectivity index (χ0n) is 14.6. The fraction of sp³-hybridized carbons (Fsp3) is 0.143.